The molecular formula is C21H24N4O3S2. The number of carbonyl (C=O) groups is 1. The molecule has 1 amide bonds. The summed E-state index contributed by atoms with van der Waals surface area (Å²) >= 11 is 1.40. The molecule has 1 aromatic carbocycles. The highest BCUT2D eigenvalue weighted by molar-refractivity contribution is 7.89. The molecule has 4 rings (SSSR count). The molecule has 0 aliphatic carbocycles. The van der Waals surface area contributed by atoms with Crippen molar-refractivity contribution in [2.75, 3.05) is 13.1 Å². The van der Waals surface area contributed by atoms with Crippen molar-refractivity contribution in [3.8, 4) is 0 Å². The summed E-state index contributed by atoms with van der Waals surface area (Å²) in [4.78, 5) is 17.4. The van der Waals surface area contributed by atoms with E-state index in [-0.39, 0.29) is 22.9 Å². The van der Waals surface area contributed by atoms with Gasteiger partial charge >= 0.3 is 0 Å². The number of aromatic nitrogens is 1. The summed E-state index contributed by atoms with van der Waals surface area (Å²) in [6.07, 6.45) is 3.45. The Morgan fingerprint density at radius 3 is 2.57 bits per heavy atom. The predicted octanol–water partition coefficient (Wildman–Crippen LogP) is 2.60. The van der Waals surface area contributed by atoms with Crippen molar-refractivity contribution in [3.05, 3.63) is 59.2 Å². The highest BCUT2D eigenvalue weighted by atomic mass is 32.2. The van der Waals surface area contributed by atoms with E-state index in [9.17, 15) is 13.2 Å². The molecule has 1 aliphatic heterocycles. The highest BCUT2D eigenvalue weighted by Gasteiger charge is 2.31. The van der Waals surface area contributed by atoms with Crippen molar-refractivity contribution in [2.24, 2.45) is 0 Å². The number of piperazine rings is 1. The molecule has 3 heterocycles. The van der Waals surface area contributed by atoms with Gasteiger partial charge in [-0.3, -0.25) is 9.78 Å². The molecule has 158 valence electrons. The smallest absolute Gasteiger partial charge is 0.261 e. The van der Waals surface area contributed by atoms with Gasteiger partial charge in [-0.15, -0.1) is 11.3 Å². The molecule has 2 N–H and O–H groups in total. The Hall–Kier alpha value is -2.33. The topological polar surface area (TPSA) is 91.4 Å². The summed E-state index contributed by atoms with van der Waals surface area (Å²) < 4.78 is 28.4. The fraction of sp³-hybridized carbons (Fsp3) is 0.333. The molecule has 1 saturated heterocycles. The van der Waals surface area contributed by atoms with E-state index in [4.69, 9.17) is 0 Å². The number of pyridine rings is 1. The van der Waals surface area contributed by atoms with Crippen LogP contribution in [0.15, 0.2) is 53.7 Å². The third-order valence-electron chi connectivity index (χ3n) is 5.08. The molecule has 0 radical (unpaired) electrons. The number of hydrogen-bond donors (Lipinski definition) is 2. The predicted molar refractivity (Wildman–Crippen MR) is 118 cm³/mol. The van der Waals surface area contributed by atoms with Gasteiger partial charge in [0, 0.05) is 44.1 Å². The lowest BCUT2D eigenvalue weighted by atomic mass is 10.2. The monoisotopic (exact) mass is 444 g/mol. The molecule has 2 atom stereocenters. The lowest BCUT2D eigenvalue weighted by Gasteiger charge is -2.35. The molecule has 0 bridgehead atoms. The van der Waals surface area contributed by atoms with Crippen LogP contribution in [0.25, 0.3) is 10.1 Å². The second kappa shape index (κ2) is 8.43. The average molecular weight is 445 g/mol. The van der Waals surface area contributed by atoms with Crippen molar-refractivity contribution >= 4 is 37.4 Å². The number of benzene rings is 1. The number of carbonyl (C=O) groups excluding carboxylic acids is 1. The Labute approximate surface area is 180 Å². The number of nitrogens with zero attached hydrogens (tertiary/aromatic N) is 2. The number of sulfonamides is 1. The van der Waals surface area contributed by atoms with Crippen LogP contribution in [-0.4, -0.2) is 48.8 Å². The standard InChI is InChI=1S/C21H24N4O3S2/c1-14-12-25(13-15(2)24-14)30(27,28)18-5-3-16(4-6-18)10-23-21(26)19-9-17-7-8-22-11-20(17)29-19/h3-9,11,14-15,24H,10,12-13H2,1-2H3,(H,23,26)/t14-,15+. The first-order valence-corrected chi connectivity index (χ1v) is 12.1. The molecule has 2 aromatic heterocycles. The van der Waals surface area contributed by atoms with E-state index in [0.717, 1.165) is 15.6 Å². The zero-order valence-corrected chi connectivity index (χ0v) is 18.5. The van der Waals surface area contributed by atoms with Gasteiger partial charge in [-0.25, -0.2) is 8.42 Å². The Kier molecular flexibility index (Phi) is 5.88. The van der Waals surface area contributed by atoms with Gasteiger partial charge in [-0.05, 0) is 49.1 Å². The molecule has 1 fully saturated rings. The van der Waals surface area contributed by atoms with Crippen molar-refractivity contribution < 1.29 is 13.2 Å². The molecule has 0 unspecified atom stereocenters. The number of thiophene rings is 1. The third kappa shape index (κ3) is 4.39. The number of amides is 1. The Balaban J connectivity index is 1.41. The van der Waals surface area contributed by atoms with Gasteiger partial charge in [-0.2, -0.15) is 4.31 Å². The second-order valence-electron chi connectivity index (χ2n) is 7.64. The van der Waals surface area contributed by atoms with Gasteiger partial charge in [0.2, 0.25) is 10.0 Å². The minimum absolute atomic E-state index is 0.114. The highest BCUT2D eigenvalue weighted by Crippen LogP contribution is 2.24. The normalized spacial score (nSPS) is 20.3. The molecular weight excluding hydrogens is 420 g/mol. The summed E-state index contributed by atoms with van der Waals surface area (Å²) in [7, 11) is -3.53. The summed E-state index contributed by atoms with van der Waals surface area (Å²) in [6.45, 7) is 5.20. The van der Waals surface area contributed by atoms with E-state index in [2.05, 4.69) is 15.6 Å². The maximum absolute atomic E-state index is 13.0. The molecule has 1 aliphatic rings. The summed E-state index contributed by atoms with van der Waals surface area (Å²) in [5, 5.41) is 7.23. The summed E-state index contributed by atoms with van der Waals surface area (Å²) in [6, 6.07) is 10.7. The molecule has 0 saturated carbocycles. The van der Waals surface area contributed by atoms with Crippen LogP contribution in [-0.2, 0) is 16.6 Å². The first kappa shape index (κ1) is 20.9. The van der Waals surface area contributed by atoms with Gasteiger partial charge in [-0.1, -0.05) is 12.1 Å². The number of hydrogen-bond acceptors (Lipinski definition) is 6. The van der Waals surface area contributed by atoms with E-state index >= 15 is 0 Å². The van der Waals surface area contributed by atoms with E-state index in [1.54, 1.807) is 36.7 Å². The molecule has 9 heteroatoms. The molecule has 3 aromatic rings. The lowest BCUT2D eigenvalue weighted by molar-refractivity contribution is 0.0955. The fourth-order valence-corrected chi connectivity index (χ4v) is 6.23. The maximum Gasteiger partial charge on any atom is 0.261 e. The van der Waals surface area contributed by atoms with E-state index in [1.165, 1.54) is 15.6 Å². The van der Waals surface area contributed by atoms with Crippen LogP contribution in [0, 0.1) is 0 Å². The molecule has 7 nitrogen and oxygen atoms in total. The number of fused-ring (bicyclic) bond motifs is 1. The van der Waals surface area contributed by atoms with Crippen molar-refractivity contribution in [1.29, 1.82) is 0 Å². The van der Waals surface area contributed by atoms with Crippen molar-refractivity contribution in [1.82, 2.24) is 19.9 Å². The van der Waals surface area contributed by atoms with Gasteiger partial charge in [0.1, 0.15) is 0 Å². The van der Waals surface area contributed by atoms with Crippen LogP contribution >= 0.6 is 11.3 Å². The van der Waals surface area contributed by atoms with Crippen LogP contribution in [0.3, 0.4) is 0 Å². The van der Waals surface area contributed by atoms with Gasteiger partial charge in [0.15, 0.2) is 0 Å². The van der Waals surface area contributed by atoms with E-state index in [0.29, 0.717) is 24.5 Å². The number of rotatable bonds is 5. The van der Waals surface area contributed by atoms with Gasteiger partial charge in [0.05, 0.1) is 14.5 Å². The Morgan fingerprint density at radius 2 is 1.90 bits per heavy atom. The van der Waals surface area contributed by atoms with E-state index in [1.807, 2.05) is 26.0 Å². The molecule has 0 spiro atoms. The quantitative estimate of drug-likeness (QED) is 0.631. The van der Waals surface area contributed by atoms with Crippen LogP contribution in [0.4, 0.5) is 0 Å². The SMILES string of the molecule is C[C@@H]1CN(S(=O)(=O)c2ccc(CNC(=O)c3cc4ccncc4s3)cc2)C[C@H](C)N1. The first-order chi connectivity index (χ1) is 14.3. The van der Waals surface area contributed by atoms with Crippen LogP contribution in [0.2, 0.25) is 0 Å². The van der Waals surface area contributed by atoms with Gasteiger partial charge in [0.25, 0.3) is 5.91 Å². The van der Waals surface area contributed by atoms with Crippen LogP contribution in [0.5, 0.6) is 0 Å². The summed E-state index contributed by atoms with van der Waals surface area (Å²) in [5.41, 5.74) is 0.840. The van der Waals surface area contributed by atoms with Crippen molar-refractivity contribution in [2.45, 2.75) is 37.4 Å². The largest absolute Gasteiger partial charge is 0.347 e. The number of nitrogens with one attached hydrogen (secondary N) is 2. The maximum atomic E-state index is 13.0. The zero-order valence-electron chi connectivity index (χ0n) is 16.8. The molecule has 30 heavy (non-hydrogen) atoms. The van der Waals surface area contributed by atoms with E-state index < -0.39 is 10.0 Å². The van der Waals surface area contributed by atoms with Crippen molar-refractivity contribution in [3.63, 3.8) is 0 Å². The van der Waals surface area contributed by atoms with Gasteiger partial charge < -0.3 is 10.6 Å². The lowest BCUT2D eigenvalue weighted by Crippen LogP contribution is -2.55. The summed E-state index contributed by atoms with van der Waals surface area (Å²) in [5.74, 6) is -0.156. The van der Waals surface area contributed by atoms with Crippen LogP contribution < -0.4 is 10.6 Å². The first-order valence-electron chi connectivity index (χ1n) is 9.80. The zero-order chi connectivity index (χ0) is 21.3. The third-order valence-corrected chi connectivity index (χ3v) is 8.02. The average Bonchev–Trinajstić information content (AvgIpc) is 3.16. The fourth-order valence-electron chi connectivity index (χ4n) is 3.67. The second-order valence-corrected chi connectivity index (χ2v) is 10.7. The minimum atomic E-state index is -3.53. The Morgan fingerprint density at radius 1 is 1.20 bits per heavy atom. The minimum Gasteiger partial charge on any atom is -0.347 e. The van der Waals surface area contributed by atoms with Crippen LogP contribution in [0.1, 0.15) is 29.1 Å². The Bertz CT molecular complexity index is 1120.